The van der Waals surface area contributed by atoms with Crippen LogP contribution in [0.2, 0.25) is 0 Å². The summed E-state index contributed by atoms with van der Waals surface area (Å²) in [7, 11) is 0. The molecule has 0 unspecified atom stereocenters. The number of likely N-dealkylation sites (tertiary alicyclic amines) is 1. The van der Waals surface area contributed by atoms with Crippen molar-refractivity contribution in [3.63, 3.8) is 0 Å². The second-order valence-corrected chi connectivity index (χ2v) is 9.53. The lowest BCUT2D eigenvalue weighted by Gasteiger charge is -2.32. The Balaban J connectivity index is 1.24. The van der Waals surface area contributed by atoms with Crippen molar-refractivity contribution in [2.75, 3.05) is 31.1 Å². The van der Waals surface area contributed by atoms with Gasteiger partial charge in [-0.2, -0.15) is 0 Å². The predicted octanol–water partition coefficient (Wildman–Crippen LogP) is 5.01. The fraction of sp³-hybridized carbons (Fsp3) is 0.519. The minimum absolute atomic E-state index is 0.0466. The van der Waals surface area contributed by atoms with Gasteiger partial charge >= 0.3 is 0 Å². The first-order valence-electron chi connectivity index (χ1n) is 12.0. The molecule has 1 atom stereocenters. The van der Waals surface area contributed by atoms with Crippen LogP contribution in [0.15, 0.2) is 54.6 Å². The Labute approximate surface area is 187 Å². The van der Waals surface area contributed by atoms with Crippen molar-refractivity contribution in [2.45, 2.75) is 52.1 Å². The average Bonchev–Trinajstić information content (AvgIpc) is 2.81. The van der Waals surface area contributed by atoms with E-state index < -0.39 is 0 Å². The van der Waals surface area contributed by atoms with Crippen molar-refractivity contribution in [3.8, 4) is 0 Å². The van der Waals surface area contributed by atoms with Crippen LogP contribution in [0.3, 0.4) is 0 Å². The van der Waals surface area contributed by atoms with Gasteiger partial charge in [0.15, 0.2) is 0 Å². The van der Waals surface area contributed by atoms with Crippen LogP contribution in [0, 0.1) is 11.8 Å². The quantitative estimate of drug-likeness (QED) is 0.715. The maximum absolute atomic E-state index is 12.9. The number of nitrogens with one attached hydrogen (secondary N) is 1. The normalized spacial score (nSPS) is 19.9. The third-order valence-electron chi connectivity index (χ3n) is 7.11. The number of hydrogen-bond acceptors (Lipinski definition) is 3. The summed E-state index contributed by atoms with van der Waals surface area (Å²) in [6.07, 6.45) is 4.44. The summed E-state index contributed by atoms with van der Waals surface area (Å²) < 4.78 is 0. The predicted molar refractivity (Wildman–Crippen MR) is 128 cm³/mol. The molecule has 0 saturated carbocycles. The Bertz CT molecular complexity index is 819. The van der Waals surface area contributed by atoms with E-state index in [0.29, 0.717) is 0 Å². The smallest absolute Gasteiger partial charge is 0.223 e. The van der Waals surface area contributed by atoms with E-state index in [1.54, 1.807) is 0 Å². The van der Waals surface area contributed by atoms with E-state index in [9.17, 15) is 4.79 Å². The molecular weight excluding hydrogens is 382 g/mol. The monoisotopic (exact) mass is 419 g/mol. The van der Waals surface area contributed by atoms with Crippen LogP contribution in [-0.4, -0.2) is 37.0 Å². The zero-order valence-corrected chi connectivity index (χ0v) is 19.1. The van der Waals surface area contributed by atoms with E-state index in [2.05, 4.69) is 83.6 Å². The highest BCUT2D eigenvalue weighted by atomic mass is 16.1. The minimum Gasteiger partial charge on any atom is -0.372 e. The van der Waals surface area contributed by atoms with E-state index in [1.165, 1.54) is 29.7 Å². The van der Waals surface area contributed by atoms with Gasteiger partial charge < -0.3 is 10.2 Å². The summed E-state index contributed by atoms with van der Waals surface area (Å²) in [5.74, 6) is 1.18. The first kappa shape index (κ1) is 21.9. The Morgan fingerprint density at radius 3 is 2.23 bits per heavy atom. The van der Waals surface area contributed by atoms with E-state index in [1.807, 2.05) is 0 Å². The van der Waals surface area contributed by atoms with Gasteiger partial charge in [-0.1, -0.05) is 49.4 Å². The molecular formula is C27H37N3O. The summed E-state index contributed by atoms with van der Waals surface area (Å²) >= 11 is 0. The number of hydrogen-bond donors (Lipinski definition) is 1. The summed E-state index contributed by atoms with van der Waals surface area (Å²) in [6, 6.07) is 19.4. The van der Waals surface area contributed by atoms with E-state index in [-0.39, 0.29) is 17.9 Å². The molecule has 1 amide bonds. The first-order chi connectivity index (χ1) is 15.1. The lowest BCUT2D eigenvalue weighted by Crippen LogP contribution is -2.40. The average molecular weight is 420 g/mol. The lowest BCUT2D eigenvalue weighted by atomic mass is 9.94. The van der Waals surface area contributed by atoms with Crippen LogP contribution < -0.4 is 10.2 Å². The van der Waals surface area contributed by atoms with Crippen molar-refractivity contribution in [3.05, 3.63) is 65.7 Å². The zero-order valence-electron chi connectivity index (χ0n) is 19.1. The maximum Gasteiger partial charge on any atom is 0.223 e. The Hall–Kier alpha value is -2.33. The van der Waals surface area contributed by atoms with Gasteiger partial charge in [0.1, 0.15) is 0 Å². The number of carbonyl (C=O) groups is 1. The third-order valence-corrected chi connectivity index (χ3v) is 7.11. The van der Waals surface area contributed by atoms with Gasteiger partial charge in [0.05, 0.1) is 6.04 Å². The molecule has 2 fully saturated rings. The van der Waals surface area contributed by atoms with E-state index in [0.717, 1.165) is 51.5 Å². The molecule has 0 bridgehead atoms. The zero-order chi connectivity index (χ0) is 21.6. The van der Waals surface area contributed by atoms with Gasteiger partial charge in [0.2, 0.25) is 5.91 Å². The number of anilines is 1. The molecule has 4 heteroatoms. The minimum atomic E-state index is 0.0466. The molecule has 166 valence electrons. The first-order valence-corrected chi connectivity index (χ1v) is 12.0. The maximum atomic E-state index is 12.9. The third kappa shape index (κ3) is 5.88. The van der Waals surface area contributed by atoms with Gasteiger partial charge in [-0.3, -0.25) is 9.69 Å². The van der Waals surface area contributed by atoms with Crippen LogP contribution in [-0.2, 0) is 11.3 Å². The summed E-state index contributed by atoms with van der Waals surface area (Å²) in [6.45, 7) is 9.70. The van der Waals surface area contributed by atoms with Crippen LogP contribution in [0.5, 0.6) is 0 Å². The molecule has 31 heavy (non-hydrogen) atoms. The number of carbonyl (C=O) groups excluding carboxylic acids is 1. The molecule has 4 nitrogen and oxygen atoms in total. The molecule has 2 saturated heterocycles. The summed E-state index contributed by atoms with van der Waals surface area (Å²) in [4.78, 5) is 17.8. The molecule has 2 aliphatic heterocycles. The van der Waals surface area contributed by atoms with Crippen molar-refractivity contribution >= 4 is 11.6 Å². The van der Waals surface area contributed by atoms with Gasteiger partial charge in [-0.15, -0.1) is 0 Å². The highest BCUT2D eigenvalue weighted by Gasteiger charge is 2.26. The largest absolute Gasteiger partial charge is 0.372 e. The van der Waals surface area contributed by atoms with Crippen molar-refractivity contribution < 1.29 is 4.79 Å². The molecule has 4 rings (SSSR count). The van der Waals surface area contributed by atoms with Crippen molar-refractivity contribution in [1.29, 1.82) is 0 Å². The standard InChI is InChI=1S/C27H37N3O/c1-21-12-18-30(19-13-21)26-10-8-24(9-11-26)22(2)28-27(31)25-14-16-29(17-15-25)20-23-6-4-3-5-7-23/h3-11,21-22,25H,12-20H2,1-2H3,(H,28,31)/t22-/m0/s1. The Morgan fingerprint density at radius 2 is 1.58 bits per heavy atom. The highest BCUT2D eigenvalue weighted by molar-refractivity contribution is 5.79. The number of piperidine rings is 2. The van der Waals surface area contributed by atoms with Crippen molar-refractivity contribution in [1.82, 2.24) is 10.2 Å². The Kier molecular flexibility index (Phi) is 7.29. The van der Waals surface area contributed by atoms with E-state index >= 15 is 0 Å². The van der Waals surface area contributed by atoms with Gasteiger partial charge in [0.25, 0.3) is 0 Å². The number of amides is 1. The van der Waals surface area contributed by atoms with Gasteiger partial charge in [0, 0.05) is 31.2 Å². The highest BCUT2D eigenvalue weighted by Crippen LogP contribution is 2.25. The number of nitrogens with zero attached hydrogens (tertiary/aromatic N) is 2. The molecule has 2 aromatic rings. The second-order valence-electron chi connectivity index (χ2n) is 9.53. The molecule has 2 heterocycles. The summed E-state index contributed by atoms with van der Waals surface area (Å²) in [5.41, 5.74) is 3.84. The number of rotatable bonds is 6. The molecule has 2 aromatic carbocycles. The van der Waals surface area contributed by atoms with E-state index in [4.69, 9.17) is 0 Å². The van der Waals surface area contributed by atoms with Crippen LogP contribution in [0.1, 0.15) is 56.7 Å². The van der Waals surface area contributed by atoms with Crippen LogP contribution in [0.25, 0.3) is 0 Å². The lowest BCUT2D eigenvalue weighted by molar-refractivity contribution is -0.127. The summed E-state index contributed by atoms with van der Waals surface area (Å²) in [5, 5.41) is 3.26. The van der Waals surface area contributed by atoms with Gasteiger partial charge in [-0.25, -0.2) is 0 Å². The van der Waals surface area contributed by atoms with Crippen LogP contribution >= 0.6 is 0 Å². The fourth-order valence-electron chi connectivity index (χ4n) is 4.85. The topological polar surface area (TPSA) is 35.6 Å². The van der Waals surface area contributed by atoms with Crippen molar-refractivity contribution in [2.24, 2.45) is 11.8 Å². The molecule has 2 aliphatic rings. The molecule has 1 N–H and O–H groups in total. The second kappa shape index (κ2) is 10.3. The molecule has 0 aromatic heterocycles. The Morgan fingerprint density at radius 1 is 0.935 bits per heavy atom. The number of benzene rings is 2. The molecule has 0 aliphatic carbocycles. The van der Waals surface area contributed by atoms with Gasteiger partial charge in [-0.05, 0) is 74.9 Å². The SMILES string of the molecule is CC1CCN(c2ccc([C@H](C)NC(=O)C3CCN(Cc4ccccc4)CC3)cc2)CC1. The molecule has 0 spiro atoms. The fourth-order valence-corrected chi connectivity index (χ4v) is 4.85. The molecule has 0 radical (unpaired) electrons. The van der Waals surface area contributed by atoms with Crippen LogP contribution in [0.4, 0.5) is 5.69 Å².